The van der Waals surface area contributed by atoms with Gasteiger partial charge in [0, 0.05) is 11.4 Å². The van der Waals surface area contributed by atoms with Crippen LogP contribution in [-0.4, -0.2) is 21.0 Å². The van der Waals surface area contributed by atoms with Gasteiger partial charge in [-0.2, -0.15) is 0 Å². The number of carboxylic acid groups (broad SMARTS) is 1. The van der Waals surface area contributed by atoms with Crippen molar-refractivity contribution in [3.63, 3.8) is 0 Å². The van der Waals surface area contributed by atoms with Gasteiger partial charge in [0.05, 0.1) is 5.56 Å². The highest BCUT2D eigenvalue weighted by Crippen LogP contribution is 2.28. The van der Waals surface area contributed by atoms with E-state index in [-0.39, 0.29) is 11.5 Å². The minimum atomic E-state index is -0.936. The third-order valence-corrected chi connectivity index (χ3v) is 3.78. The topological polar surface area (TPSA) is 63.1 Å². The molecule has 0 atom stereocenters. The molecule has 0 spiro atoms. The van der Waals surface area contributed by atoms with Crippen molar-refractivity contribution in [2.45, 2.75) is 43.7 Å². The van der Waals surface area contributed by atoms with Crippen LogP contribution in [0.5, 0.6) is 0 Å². The normalized spacial score (nSPS) is 10.9. The summed E-state index contributed by atoms with van der Waals surface area (Å²) in [6, 6.07) is 7.21. The predicted octanol–water partition coefficient (Wildman–Crippen LogP) is 4.07. The van der Waals surface area contributed by atoms with Crippen molar-refractivity contribution < 1.29 is 9.90 Å². The van der Waals surface area contributed by atoms with Gasteiger partial charge in [0.15, 0.2) is 0 Å². The van der Waals surface area contributed by atoms with Crippen molar-refractivity contribution in [2.24, 2.45) is 0 Å². The van der Waals surface area contributed by atoms with Gasteiger partial charge in [0.1, 0.15) is 10.1 Å². The molecule has 110 valence electrons. The van der Waals surface area contributed by atoms with Gasteiger partial charge in [0.25, 0.3) is 0 Å². The molecule has 2 rings (SSSR count). The van der Waals surface area contributed by atoms with E-state index in [9.17, 15) is 9.90 Å². The first kappa shape index (κ1) is 15.5. The van der Waals surface area contributed by atoms with Crippen LogP contribution in [0.2, 0.25) is 0 Å². The Morgan fingerprint density at radius 3 is 2.33 bits per heavy atom. The number of rotatable bonds is 4. The third kappa shape index (κ3) is 4.04. The molecule has 0 unspecified atom stereocenters. The van der Waals surface area contributed by atoms with Gasteiger partial charge in [-0.1, -0.05) is 25.6 Å². The zero-order chi connectivity index (χ0) is 15.6. The fraction of sp³-hybridized carbons (Fsp3) is 0.312. The van der Waals surface area contributed by atoms with Crippen LogP contribution in [0.3, 0.4) is 0 Å². The van der Waals surface area contributed by atoms with Crippen molar-refractivity contribution in [3.8, 4) is 0 Å². The first-order chi connectivity index (χ1) is 9.85. The first-order valence-corrected chi connectivity index (χ1v) is 7.55. The molecule has 2 aromatic rings. The van der Waals surface area contributed by atoms with E-state index in [0.717, 1.165) is 22.0 Å². The Balaban J connectivity index is 2.40. The summed E-state index contributed by atoms with van der Waals surface area (Å²) >= 11 is 1.39. The molecule has 5 heteroatoms. The lowest BCUT2D eigenvalue weighted by Gasteiger charge is -2.09. The fourth-order valence-corrected chi connectivity index (χ4v) is 2.95. The molecule has 0 bridgehead atoms. The maximum Gasteiger partial charge on any atom is 0.335 e. The molecular weight excluding hydrogens is 284 g/mol. The highest BCUT2D eigenvalue weighted by molar-refractivity contribution is 7.99. The smallest absolute Gasteiger partial charge is 0.335 e. The van der Waals surface area contributed by atoms with E-state index >= 15 is 0 Å². The summed E-state index contributed by atoms with van der Waals surface area (Å²) in [5.74, 6) is -0.759. The molecule has 0 amide bonds. The monoisotopic (exact) mass is 302 g/mol. The molecule has 0 radical (unpaired) electrons. The van der Waals surface area contributed by atoms with Gasteiger partial charge < -0.3 is 5.11 Å². The Kier molecular flexibility index (Phi) is 4.63. The molecule has 2 aromatic heterocycles. The van der Waals surface area contributed by atoms with E-state index in [1.807, 2.05) is 39.8 Å². The third-order valence-electron chi connectivity index (χ3n) is 2.94. The summed E-state index contributed by atoms with van der Waals surface area (Å²) < 4.78 is 0. The molecule has 21 heavy (non-hydrogen) atoms. The Morgan fingerprint density at radius 2 is 1.76 bits per heavy atom. The van der Waals surface area contributed by atoms with Crippen molar-refractivity contribution in [3.05, 3.63) is 46.8 Å². The molecule has 0 aromatic carbocycles. The summed E-state index contributed by atoms with van der Waals surface area (Å²) in [4.78, 5) is 20.2. The van der Waals surface area contributed by atoms with Crippen LogP contribution in [0, 0.1) is 13.8 Å². The van der Waals surface area contributed by atoms with Gasteiger partial charge in [-0.3, -0.25) is 0 Å². The number of carbonyl (C=O) groups is 1. The van der Waals surface area contributed by atoms with Crippen LogP contribution < -0.4 is 0 Å². The second-order valence-corrected chi connectivity index (χ2v) is 6.35. The van der Waals surface area contributed by atoms with E-state index in [1.165, 1.54) is 11.8 Å². The van der Waals surface area contributed by atoms with Gasteiger partial charge >= 0.3 is 5.97 Å². The largest absolute Gasteiger partial charge is 0.478 e. The van der Waals surface area contributed by atoms with Crippen LogP contribution >= 0.6 is 11.8 Å². The number of pyridine rings is 2. The summed E-state index contributed by atoms with van der Waals surface area (Å²) in [5.41, 5.74) is 3.11. The molecule has 0 aliphatic carbocycles. The summed E-state index contributed by atoms with van der Waals surface area (Å²) in [6.07, 6.45) is 0. The van der Waals surface area contributed by atoms with E-state index < -0.39 is 5.97 Å². The summed E-state index contributed by atoms with van der Waals surface area (Å²) in [6.45, 7) is 7.95. The quantitative estimate of drug-likeness (QED) is 0.922. The summed E-state index contributed by atoms with van der Waals surface area (Å²) in [7, 11) is 0. The average molecular weight is 302 g/mol. The van der Waals surface area contributed by atoms with E-state index in [2.05, 4.69) is 9.97 Å². The number of carboxylic acids is 1. The van der Waals surface area contributed by atoms with Crippen LogP contribution in [0.25, 0.3) is 0 Å². The lowest BCUT2D eigenvalue weighted by atomic mass is 10.1. The zero-order valence-corrected chi connectivity index (χ0v) is 13.4. The molecule has 2 heterocycles. The molecule has 4 nitrogen and oxygen atoms in total. The highest BCUT2D eigenvalue weighted by atomic mass is 32.2. The number of hydrogen-bond donors (Lipinski definition) is 1. The average Bonchev–Trinajstić information content (AvgIpc) is 2.36. The lowest BCUT2D eigenvalue weighted by Crippen LogP contribution is -2.02. The predicted molar refractivity (Wildman–Crippen MR) is 83.1 cm³/mol. The highest BCUT2D eigenvalue weighted by Gasteiger charge is 2.12. The van der Waals surface area contributed by atoms with Crippen LogP contribution in [0.4, 0.5) is 0 Å². The molecule has 0 saturated heterocycles. The van der Waals surface area contributed by atoms with Crippen molar-refractivity contribution >= 4 is 17.7 Å². The van der Waals surface area contributed by atoms with E-state index in [0.29, 0.717) is 5.03 Å². The number of aryl methyl sites for hydroxylation is 2. The first-order valence-electron chi connectivity index (χ1n) is 6.73. The number of nitrogens with zero attached hydrogens (tertiary/aromatic N) is 2. The van der Waals surface area contributed by atoms with E-state index in [1.54, 1.807) is 12.1 Å². The Labute approximate surface area is 128 Å². The fourth-order valence-electron chi connectivity index (χ4n) is 1.96. The minimum absolute atomic E-state index is 0.177. The van der Waals surface area contributed by atoms with Gasteiger partial charge in [0.2, 0.25) is 0 Å². The van der Waals surface area contributed by atoms with Crippen LogP contribution in [0.15, 0.2) is 34.3 Å². The number of aromatic carboxylic acids is 1. The molecule has 1 N–H and O–H groups in total. The van der Waals surface area contributed by atoms with E-state index in [4.69, 9.17) is 0 Å². The maximum atomic E-state index is 11.2. The second kappa shape index (κ2) is 6.26. The summed E-state index contributed by atoms with van der Waals surface area (Å²) in [5, 5.41) is 10.7. The second-order valence-electron chi connectivity index (χ2n) is 5.30. The molecule has 0 aliphatic heterocycles. The number of aromatic nitrogens is 2. The van der Waals surface area contributed by atoms with Crippen LogP contribution in [-0.2, 0) is 0 Å². The Hall–Kier alpha value is -1.88. The number of hydrogen-bond acceptors (Lipinski definition) is 4. The molecular formula is C16H18N2O2S. The molecule has 0 saturated carbocycles. The Morgan fingerprint density at radius 1 is 1.10 bits per heavy atom. The SMILES string of the molecule is Cc1cc(C)nc(Sc2cc(C(=O)O)cc(C(C)C)n2)c1. The lowest BCUT2D eigenvalue weighted by molar-refractivity contribution is 0.0696. The zero-order valence-electron chi connectivity index (χ0n) is 12.5. The Bertz CT molecular complexity index is 664. The van der Waals surface area contributed by atoms with Crippen molar-refractivity contribution in [1.82, 2.24) is 9.97 Å². The van der Waals surface area contributed by atoms with Gasteiger partial charge in [-0.05, 0) is 49.6 Å². The van der Waals surface area contributed by atoms with Gasteiger partial charge in [-0.25, -0.2) is 14.8 Å². The van der Waals surface area contributed by atoms with Crippen molar-refractivity contribution in [1.29, 1.82) is 0 Å². The van der Waals surface area contributed by atoms with Crippen molar-refractivity contribution in [2.75, 3.05) is 0 Å². The standard InChI is InChI=1S/C16H18N2O2S/c1-9(2)13-7-12(16(19)20)8-15(18-13)21-14-6-10(3)5-11(4)17-14/h5-9H,1-4H3,(H,19,20). The molecule has 0 fully saturated rings. The molecule has 0 aliphatic rings. The maximum absolute atomic E-state index is 11.2. The minimum Gasteiger partial charge on any atom is -0.478 e. The van der Waals surface area contributed by atoms with Crippen LogP contribution in [0.1, 0.15) is 47.1 Å². The van der Waals surface area contributed by atoms with Gasteiger partial charge in [-0.15, -0.1) is 0 Å².